The molecule has 1 aliphatic rings. The minimum Gasteiger partial charge on any atom is -0.465 e. The number of rotatable bonds is 2. The van der Waals surface area contributed by atoms with Crippen molar-refractivity contribution in [2.75, 3.05) is 6.61 Å². The van der Waals surface area contributed by atoms with Crippen molar-refractivity contribution in [3.63, 3.8) is 0 Å². The number of Topliss-reactive ketones (excluding diaryl/α,β-unsaturated/α-hetero) is 1. The fourth-order valence-corrected chi connectivity index (χ4v) is 1.60. The summed E-state index contributed by atoms with van der Waals surface area (Å²) in [6.07, 6.45) is -5.48. The zero-order chi connectivity index (χ0) is 11.6. The number of carbonyl (C=O) groups excluding carboxylic acids is 2. The molecule has 1 fully saturated rings. The molecule has 0 saturated heterocycles. The topological polar surface area (TPSA) is 43.4 Å². The maximum absolute atomic E-state index is 12.3. The van der Waals surface area contributed by atoms with Crippen molar-refractivity contribution in [1.29, 1.82) is 0 Å². The summed E-state index contributed by atoms with van der Waals surface area (Å²) in [7, 11) is 0. The molecule has 1 aliphatic carbocycles. The van der Waals surface area contributed by atoms with Crippen LogP contribution in [0.4, 0.5) is 13.2 Å². The van der Waals surface area contributed by atoms with Gasteiger partial charge >= 0.3 is 12.1 Å². The van der Waals surface area contributed by atoms with Gasteiger partial charge in [-0.25, -0.2) is 0 Å². The van der Waals surface area contributed by atoms with Crippen LogP contribution in [0.1, 0.15) is 19.8 Å². The van der Waals surface area contributed by atoms with Gasteiger partial charge in [0.15, 0.2) is 0 Å². The van der Waals surface area contributed by atoms with E-state index in [2.05, 4.69) is 4.74 Å². The van der Waals surface area contributed by atoms with Crippen molar-refractivity contribution in [2.45, 2.75) is 25.9 Å². The first-order valence-corrected chi connectivity index (χ1v) is 4.62. The number of ether oxygens (including phenoxy) is 1. The number of hydrogen-bond donors (Lipinski definition) is 0. The molecule has 1 rings (SSSR count). The molecular formula is C9H11F3O3. The van der Waals surface area contributed by atoms with E-state index in [9.17, 15) is 22.8 Å². The number of esters is 1. The van der Waals surface area contributed by atoms with E-state index in [1.54, 1.807) is 6.92 Å². The van der Waals surface area contributed by atoms with Crippen molar-refractivity contribution in [3.8, 4) is 0 Å². The molecular weight excluding hydrogens is 213 g/mol. The summed E-state index contributed by atoms with van der Waals surface area (Å²) in [6, 6.07) is 0. The summed E-state index contributed by atoms with van der Waals surface area (Å²) in [5.41, 5.74) is 0. The molecule has 0 aromatic carbocycles. The monoisotopic (exact) mass is 224 g/mol. The number of halogens is 3. The fraction of sp³-hybridized carbons (Fsp3) is 0.778. The van der Waals surface area contributed by atoms with E-state index in [1.807, 2.05) is 0 Å². The normalized spacial score (nSPS) is 26.8. The molecule has 0 radical (unpaired) electrons. The molecule has 0 heterocycles. The predicted molar refractivity (Wildman–Crippen MR) is 43.9 cm³/mol. The molecule has 86 valence electrons. The molecule has 6 heteroatoms. The van der Waals surface area contributed by atoms with Crippen LogP contribution in [-0.4, -0.2) is 24.5 Å². The van der Waals surface area contributed by atoms with E-state index < -0.39 is 42.6 Å². The second-order valence-corrected chi connectivity index (χ2v) is 3.45. The quantitative estimate of drug-likeness (QED) is 0.529. The minimum atomic E-state index is -4.41. The van der Waals surface area contributed by atoms with Crippen molar-refractivity contribution in [2.24, 2.45) is 11.8 Å². The van der Waals surface area contributed by atoms with E-state index in [1.165, 1.54) is 0 Å². The summed E-state index contributed by atoms with van der Waals surface area (Å²) in [4.78, 5) is 22.3. The number of ketones is 1. The van der Waals surface area contributed by atoms with Crippen molar-refractivity contribution in [3.05, 3.63) is 0 Å². The number of alkyl halides is 3. The smallest absolute Gasteiger partial charge is 0.392 e. The van der Waals surface area contributed by atoms with Crippen LogP contribution in [0.25, 0.3) is 0 Å². The van der Waals surface area contributed by atoms with Gasteiger partial charge in [0.05, 0.1) is 12.5 Å². The summed E-state index contributed by atoms with van der Waals surface area (Å²) >= 11 is 0. The third-order valence-electron chi connectivity index (χ3n) is 2.39. The highest BCUT2D eigenvalue weighted by Crippen LogP contribution is 2.40. The zero-order valence-corrected chi connectivity index (χ0v) is 8.13. The Balaban J connectivity index is 2.65. The third kappa shape index (κ3) is 2.70. The summed E-state index contributed by atoms with van der Waals surface area (Å²) < 4.78 is 41.3. The van der Waals surface area contributed by atoms with Gasteiger partial charge in [-0.05, 0) is 13.3 Å². The lowest BCUT2D eigenvalue weighted by atomic mass is 10.0. The Hall–Kier alpha value is -1.07. The van der Waals surface area contributed by atoms with Gasteiger partial charge in [-0.2, -0.15) is 13.2 Å². The maximum Gasteiger partial charge on any atom is 0.392 e. The molecule has 0 amide bonds. The second kappa shape index (κ2) is 4.20. The van der Waals surface area contributed by atoms with Crippen LogP contribution in [0.15, 0.2) is 0 Å². The van der Waals surface area contributed by atoms with Gasteiger partial charge < -0.3 is 4.74 Å². The Labute approximate surface area is 84.6 Å². The highest BCUT2D eigenvalue weighted by atomic mass is 19.4. The van der Waals surface area contributed by atoms with Crippen LogP contribution in [0, 0.1) is 11.8 Å². The van der Waals surface area contributed by atoms with Crippen molar-refractivity contribution < 1.29 is 27.5 Å². The van der Waals surface area contributed by atoms with E-state index in [4.69, 9.17) is 0 Å². The largest absolute Gasteiger partial charge is 0.465 e. The Morgan fingerprint density at radius 3 is 2.53 bits per heavy atom. The van der Waals surface area contributed by atoms with E-state index in [0.29, 0.717) is 0 Å². The molecule has 0 bridgehead atoms. The number of hydrogen-bond acceptors (Lipinski definition) is 3. The highest BCUT2D eigenvalue weighted by Gasteiger charge is 2.50. The van der Waals surface area contributed by atoms with Crippen LogP contribution in [0.5, 0.6) is 0 Å². The van der Waals surface area contributed by atoms with Crippen molar-refractivity contribution in [1.82, 2.24) is 0 Å². The molecule has 0 aliphatic heterocycles. The first-order valence-electron chi connectivity index (χ1n) is 4.62. The average Bonchev–Trinajstić information content (AvgIpc) is 2.47. The fourth-order valence-electron chi connectivity index (χ4n) is 1.60. The lowest BCUT2D eigenvalue weighted by molar-refractivity contribution is -0.174. The number of carbonyl (C=O) groups is 2. The third-order valence-corrected chi connectivity index (χ3v) is 2.39. The first kappa shape index (κ1) is 12.0. The van der Waals surface area contributed by atoms with Crippen LogP contribution >= 0.6 is 0 Å². The van der Waals surface area contributed by atoms with Gasteiger partial charge in [0.1, 0.15) is 11.7 Å². The van der Waals surface area contributed by atoms with Gasteiger partial charge in [0.25, 0.3) is 0 Å². The lowest BCUT2D eigenvalue weighted by Gasteiger charge is -2.13. The second-order valence-electron chi connectivity index (χ2n) is 3.45. The van der Waals surface area contributed by atoms with E-state index in [-0.39, 0.29) is 6.61 Å². The lowest BCUT2D eigenvalue weighted by Crippen LogP contribution is -2.22. The SMILES string of the molecule is CCOC(=O)C1CC(C(F)(F)F)CC1=O. The Morgan fingerprint density at radius 1 is 1.53 bits per heavy atom. The van der Waals surface area contributed by atoms with E-state index in [0.717, 1.165) is 0 Å². The first-order chi connectivity index (χ1) is 6.86. The predicted octanol–water partition coefficient (Wildman–Crippen LogP) is 1.71. The minimum absolute atomic E-state index is 0.0687. The van der Waals surface area contributed by atoms with Gasteiger partial charge in [-0.15, -0.1) is 0 Å². The molecule has 1 saturated carbocycles. The van der Waals surface area contributed by atoms with Crippen LogP contribution in [-0.2, 0) is 14.3 Å². The van der Waals surface area contributed by atoms with Gasteiger partial charge in [-0.3, -0.25) is 9.59 Å². The van der Waals surface area contributed by atoms with E-state index >= 15 is 0 Å². The Morgan fingerprint density at radius 2 is 2.13 bits per heavy atom. The zero-order valence-electron chi connectivity index (χ0n) is 8.13. The molecule has 2 unspecified atom stereocenters. The van der Waals surface area contributed by atoms with Crippen LogP contribution in [0.2, 0.25) is 0 Å². The Bertz CT molecular complexity index is 272. The van der Waals surface area contributed by atoms with Gasteiger partial charge in [0, 0.05) is 6.42 Å². The van der Waals surface area contributed by atoms with Crippen LogP contribution in [0.3, 0.4) is 0 Å². The van der Waals surface area contributed by atoms with Crippen molar-refractivity contribution >= 4 is 11.8 Å². The maximum atomic E-state index is 12.3. The molecule has 3 nitrogen and oxygen atoms in total. The van der Waals surface area contributed by atoms with Crippen LogP contribution < -0.4 is 0 Å². The summed E-state index contributed by atoms with van der Waals surface area (Å²) in [5, 5.41) is 0. The van der Waals surface area contributed by atoms with Gasteiger partial charge in [0.2, 0.25) is 0 Å². The molecule has 0 spiro atoms. The molecule has 0 N–H and O–H groups in total. The molecule has 2 atom stereocenters. The molecule has 0 aromatic heterocycles. The molecule has 15 heavy (non-hydrogen) atoms. The molecule has 0 aromatic rings. The average molecular weight is 224 g/mol. The summed E-state index contributed by atoms with van der Waals surface area (Å²) in [5.74, 6) is -4.43. The Kier molecular flexibility index (Phi) is 3.36. The standard InChI is InChI=1S/C9H11F3O3/c1-2-15-8(14)6-3-5(4-7(6)13)9(10,11)12/h5-6H,2-4H2,1H3. The van der Waals surface area contributed by atoms with Gasteiger partial charge in [-0.1, -0.05) is 0 Å². The summed E-state index contributed by atoms with van der Waals surface area (Å²) in [6.45, 7) is 1.61. The highest BCUT2D eigenvalue weighted by molar-refractivity contribution is 6.00.